The lowest BCUT2D eigenvalue weighted by Gasteiger charge is -2.35. The van der Waals surface area contributed by atoms with Crippen molar-refractivity contribution < 1.29 is 0 Å². The lowest BCUT2D eigenvalue weighted by molar-refractivity contribution is 0.278. The molecular weight excluding hydrogens is 244 g/mol. The third-order valence-corrected chi connectivity index (χ3v) is 5.14. The van der Waals surface area contributed by atoms with Crippen molar-refractivity contribution in [2.24, 2.45) is 0 Å². The molecule has 0 spiro atoms. The second-order valence-corrected chi connectivity index (χ2v) is 6.07. The third kappa shape index (κ3) is 1.32. The standard InChI is InChI=1S/C18H20N2/c1-19-13-12-18(14-8-4-3-5-9-14)15-10-6-7-11-16(15)20(2)17(18)19/h3-11,17H,12-13H2,1-2H3/t17-,18-/m0/s1. The zero-order chi connectivity index (χ0) is 13.7. The predicted molar refractivity (Wildman–Crippen MR) is 83.1 cm³/mol. The number of benzene rings is 2. The van der Waals surface area contributed by atoms with Crippen LogP contribution in [0.25, 0.3) is 0 Å². The Hall–Kier alpha value is -1.80. The van der Waals surface area contributed by atoms with Gasteiger partial charge in [0.2, 0.25) is 0 Å². The van der Waals surface area contributed by atoms with Crippen LogP contribution in [-0.4, -0.2) is 31.7 Å². The molecular formula is C18H20N2. The predicted octanol–water partition coefficient (Wildman–Crippen LogP) is 3.08. The van der Waals surface area contributed by atoms with Crippen molar-refractivity contribution in [2.75, 3.05) is 25.5 Å². The Labute approximate surface area is 120 Å². The molecule has 2 aromatic carbocycles. The van der Waals surface area contributed by atoms with Crippen LogP contribution >= 0.6 is 0 Å². The Kier molecular flexibility index (Phi) is 2.45. The summed E-state index contributed by atoms with van der Waals surface area (Å²) in [5, 5.41) is 0. The van der Waals surface area contributed by atoms with Gasteiger partial charge in [-0.05, 0) is 30.7 Å². The van der Waals surface area contributed by atoms with Gasteiger partial charge in [0.1, 0.15) is 0 Å². The first kappa shape index (κ1) is 12.0. The first-order valence-corrected chi connectivity index (χ1v) is 7.33. The summed E-state index contributed by atoms with van der Waals surface area (Å²) in [6.07, 6.45) is 1.63. The lowest BCUT2D eigenvalue weighted by Crippen LogP contribution is -2.47. The molecule has 0 aliphatic carbocycles. The molecule has 102 valence electrons. The number of nitrogens with zero attached hydrogens (tertiary/aromatic N) is 2. The first-order valence-electron chi connectivity index (χ1n) is 7.33. The highest BCUT2D eigenvalue weighted by Crippen LogP contribution is 2.54. The summed E-state index contributed by atoms with van der Waals surface area (Å²) >= 11 is 0. The molecule has 20 heavy (non-hydrogen) atoms. The topological polar surface area (TPSA) is 6.48 Å². The van der Waals surface area contributed by atoms with Crippen molar-refractivity contribution in [1.82, 2.24) is 4.90 Å². The number of likely N-dealkylation sites (N-methyl/N-ethyl adjacent to an activating group) is 2. The van der Waals surface area contributed by atoms with Crippen molar-refractivity contribution in [2.45, 2.75) is 18.0 Å². The van der Waals surface area contributed by atoms with Crippen LogP contribution in [0, 0.1) is 0 Å². The Morgan fingerprint density at radius 2 is 1.65 bits per heavy atom. The van der Waals surface area contributed by atoms with Gasteiger partial charge in [0, 0.05) is 19.3 Å². The fourth-order valence-corrected chi connectivity index (χ4v) is 4.35. The SMILES string of the molecule is CN1CC[C@]2(c3ccccc3)c3ccccc3N(C)[C@H]12. The molecule has 2 aromatic rings. The minimum absolute atomic E-state index is 0.126. The van der Waals surface area contributed by atoms with Crippen LogP contribution in [0.3, 0.4) is 0 Å². The normalized spacial score (nSPS) is 28.5. The van der Waals surface area contributed by atoms with Gasteiger partial charge in [0.25, 0.3) is 0 Å². The largest absolute Gasteiger partial charge is 0.357 e. The van der Waals surface area contributed by atoms with Gasteiger partial charge in [-0.3, -0.25) is 4.90 Å². The van der Waals surface area contributed by atoms with Gasteiger partial charge >= 0.3 is 0 Å². The molecule has 2 atom stereocenters. The molecule has 2 aliphatic rings. The minimum atomic E-state index is 0.126. The van der Waals surface area contributed by atoms with Crippen LogP contribution in [0.2, 0.25) is 0 Å². The van der Waals surface area contributed by atoms with E-state index in [-0.39, 0.29) is 5.41 Å². The fraction of sp³-hybridized carbons (Fsp3) is 0.333. The summed E-state index contributed by atoms with van der Waals surface area (Å²) in [7, 11) is 4.48. The van der Waals surface area contributed by atoms with E-state index >= 15 is 0 Å². The molecule has 2 heterocycles. The third-order valence-electron chi connectivity index (χ3n) is 5.14. The Morgan fingerprint density at radius 3 is 2.45 bits per heavy atom. The summed E-state index contributed by atoms with van der Waals surface area (Å²) < 4.78 is 0. The van der Waals surface area contributed by atoms with E-state index < -0.39 is 0 Å². The number of hydrogen-bond acceptors (Lipinski definition) is 2. The number of fused-ring (bicyclic) bond motifs is 3. The van der Waals surface area contributed by atoms with Crippen molar-refractivity contribution in [1.29, 1.82) is 0 Å². The van der Waals surface area contributed by atoms with Crippen LogP contribution in [0.15, 0.2) is 54.6 Å². The Bertz CT molecular complexity index is 637. The van der Waals surface area contributed by atoms with Crippen molar-refractivity contribution in [3.63, 3.8) is 0 Å². The second kappa shape index (κ2) is 4.10. The monoisotopic (exact) mass is 264 g/mol. The van der Waals surface area contributed by atoms with Gasteiger partial charge in [0.05, 0.1) is 11.6 Å². The molecule has 0 unspecified atom stereocenters. The summed E-state index contributed by atoms with van der Waals surface area (Å²) in [4.78, 5) is 4.95. The minimum Gasteiger partial charge on any atom is -0.357 e. The Morgan fingerprint density at radius 1 is 0.950 bits per heavy atom. The van der Waals surface area contributed by atoms with Gasteiger partial charge in [-0.1, -0.05) is 48.5 Å². The smallest absolute Gasteiger partial charge is 0.0956 e. The van der Waals surface area contributed by atoms with E-state index in [0.717, 1.165) is 6.54 Å². The van der Waals surface area contributed by atoms with Crippen LogP contribution in [0.5, 0.6) is 0 Å². The summed E-state index contributed by atoms with van der Waals surface area (Å²) in [6.45, 7) is 1.15. The van der Waals surface area contributed by atoms with Crippen LogP contribution in [0.4, 0.5) is 5.69 Å². The molecule has 2 heteroatoms. The highest BCUT2D eigenvalue weighted by atomic mass is 15.4. The van der Waals surface area contributed by atoms with Gasteiger partial charge in [0.15, 0.2) is 0 Å². The molecule has 4 rings (SSSR count). The molecule has 0 saturated carbocycles. The molecule has 0 amide bonds. The number of anilines is 1. The molecule has 2 nitrogen and oxygen atoms in total. The quantitative estimate of drug-likeness (QED) is 0.781. The van der Waals surface area contributed by atoms with Crippen LogP contribution in [0.1, 0.15) is 17.5 Å². The van der Waals surface area contributed by atoms with E-state index in [0.29, 0.717) is 6.17 Å². The molecule has 0 aromatic heterocycles. The second-order valence-electron chi connectivity index (χ2n) is 6.07. The molecule has 1 fully saturated rings. The highest BCUT2D eigenvalue weighted by Gasteiger charge is 2.55. The van der Waals surface area contributed by atoms with E-state index in [4.69, 9.17) is 0 Å². The van der Waals surface area contributed by atoms with Gasteiger partial charge < -0.3 is 4.90 Å². The maximum absolute atomic E-state index is 2.49. The molecule has 2 aliphatic heterocycles. The molecule has 0 radical (unpaired) electrons. The highest BCUT2D eigenvalue weighted by molar-refractivity contribution is 5.68. The van der Waals surface area contributed by atoms with Gasteiger partial charge in [-0.25, -0.2) is 0 Å². The molecule has 0 bridgehead atoms. The maximum Gasteiger partial charge on any atom is 0.0956 e. The lowest BCUT2D eigenvalue weighted by atomic mass is 9.73. The van der Waals surface area contributed by atoms with E-state index in [1.54, 1.807) is 0 Å². The number of likely N-dealkylation sites (tertiary alicyclic amines) is 1. The Balaban J connectivity index is 2.00. The van der Waals surface area contributed by atoms with Crippen molar-refractivity contribution in [3.05, 3.63) is 65.7 Å². The van der Waals surface area contributed by atoms with Crippen LogP contribution in [-0.2, 0) is 5.41 Å². The first-order chi connectivity index (χ1) is 9.75. The van der Waals surface area contributed by atoms with E-state index in [1.807, 2.05) is 0 Å². The zero-order valence-electron chi connectivity index (χ0n) is 12.1. The maximum atomic E-state index is 2.49. The summed E-state index contributed by atoms with van der Waals surface area (Å²) in [5.74, 6) is 0. The van der Waals surface area contributed by atoms with E-state index in [2.05, 4.69) is 78.5 Å². The zero-order valence-corrected chi connectivity index (χ0v) is 12.1. The number of rotatable bonds is 1. The average molecular weight is 264 g/mol. The van der Waals surface area contributed by atoms with Gasteiger partial charge in [-0.15, -0.1) is 0 Å². The fourth-order valence-electron chi connectivity index (χ4n) is 4.35. The van der Waals surface area contributed by atoms with Crippen molar-refractivity contribution in [3.8, 4) is 0 Å². The summed E-state index contributed by atoms with van der Waals surface area (Å²) in [6, 6.07) is 19.9. The van der Waals surface area contributed by atoms with E-state index in [9.17, 15) is 0 Å². The molecule has 1 saturated heterocycles. The van der Waals surface area contributed by atoms with E-state index in [1.165, 1.54) is 23.2 Å². The molecule has 0 N–H and O–H groups in total. The van der Waals surface area contributed by atoms with Crippen LogP contribution < -0.4 is 4.90 Å². The average Bonchev–Trinajstić information content (AvgIpc) is 2.97. The number of para-hydroxylation sites is 1. The van der Waals surface area contributed by atoms with Gasteiger partial charge in [-0.2, -0.15) is 0 Å². The van der Waals surface area contributed by atoms with Crippen molar-refractivity contribution >= 4 is 5.69 Å². The summed E-state index contributed by atoms with van der Waals surface area (Å²) in [5.41, 5.74) is 4.45. The number of hydrogen-bond donors (Lipinski definition) is 0.